The zero-order valence-electron chi connectivity index (χ0n) is 20.7. The van der Waals surface area contributed by atoms with Gasteiger partial charge in [-0.1, -0.05) is 17.7 Å². The van der Waals surface area contributed by atoms with Crippen LogP contribution in [0, 0.1) is 17.7 Å². The van der Waals surface area contributed by atoms with E-state index in [-0.39, 0.29) is 41.6 Å². The number of hydrogen-bond donors (Lipinski definition) is 3. The summed E-state index contributed by atoms with van der Waals surface area (Å²) < 4.78 is 16.7. The minimum Gasteiger partial charge on any atom is -0.347 e. The number of rotatable bonds is 10. The van der Waals surface area contributed by atoms with Crippen LogP contribution in [0.1, 0.15) is 22.5 Å². The van der Waals surface area contributed by atoms with Crippen LogP contribution in [0.15, 0.2) is 59.5 Å². The van der Waals surface area contributed by atoms with Crippen molar-refractivity contribution in [3.8, 4) is 5.69 Å². The predicted octanol–water partition coefficient (Wildman–Crippen LogP) is 3.36. The second kappa shape index (κ2) is 11.8. The first-order valence-electron chi connectivity index (χ1n) is 12.6. The number of halogens is 2. The van der Waals surface area contributed by atoms with Crippen LogP contribution in [0.2, 0.25) is 4.34 Å². The molecule has 0 unspecified atom stereocenters. The number of carbonyl (C=O) groups excluding carboxylic acids is 2. The molecule has 38 heavy (non-hydrogen) atoms. The lowest BCUT2D eigenvalue weighted by Gasteiger charge is -2.20. The molecule has 1 aromatic carbocycles. The molecule has 2 aliphatic rings. The number of amides is 2. The minimum atomic E-state index is -0.630. The average molecular weight is 558 g/mol. The highest BCUT2D eigenvalue weighted by atomic mass is 35.5. The Bertz CT molecular complexity index is 1370. The third kappa shape index (κ3) is 6.68. The van der Waals surface area contributed by atoms with Crippen LogP contribution < -0.4 is 21.5 Å². The van der Waals surface area contributed by atoms with Crippen molar-refractivity contribution in [1.29, 1.82) is 0 Å². The molecule has 8 nitrogen and oxygen atoms in total. The Kier molecular flexibility index (Phi) is 8.23. The van der Waals surface area contributed by atoms with Gasteiger partial charge in [0.25, 0.3) is 11.5 Å². The molecule has 5 rings (SSSR count). The summed E-state index contributed by atoms with van der Waals surface area (Å²) >= 11 is 7.22. The largest absolute Gasteiger partial charge is 0.347 e. The number of carbonyl (C=O) groups is 2. The Morgan fingerprint density at radius 1 is 1.08 bits per heavy atom. The maximum absolute atomic E-state index is 14.8. The van der Waals surface area contributed by atoms with Gasteiger partial charge in [-0.05, 0) is 55.6 Å². The van der Waals surface area contributed by atoms with Crippen molar-refractivity contribution in [3.05, 3.63) is 80.1 Å². The molecule has 1 aliphatic carbocycles. The third-order valence-electron chi connectivity index (χ3n) is 6.86. The maximum atomic E-state index is 14.8. The molecular formula is C27H29ClFN5O3S. The number of likely N-dealkylation sites (tertiary alicyclic amines) is 1. The van der Waals surface area contributed by atoms with E-state index in [1.807, 2.05) is 4.90 Å². The van der Waals surface area contributed by atoms with Gasteiger partial charge in [0.2, 0.25) is 5.91 Å². The van der Waals surface area contributed by atoms with Gasteiger partial charge in [-0.15, -0.1) is 11.3 Å². The number of thiophene rings is 1. The summed E-state index contributed by atoms with van der Waals surface area (Å²) in [6, 6.07) is 12.2. The van der Waals surface area contributed by atoms with Crippen molar-refractivity contribution in [1.82, 2.24) is 20.1 Å². The topological polar surface area (TPSA) is 95.5 Å². The van der Waals surface area contributed by atoms with Crippen molar-refractivity contribution in [3.63, 3.8) is 0 Å². The molecule has 200 valence electrons. The highest BCUT2D eigenvalue weighted by Crippen LogP contribution is 2.28. The fraction of sp³-hybridized carbons (Fsp3) is 0.370. The van der Waals surface area contributed by atoms with Crippen molar-refractivity contribution < 1.29 is 14.0 Å². The lowest BCUT2D eigenvalue weighted by Crippen LogP contribution is -2.43. The van der Waals surface area contributed by atoms with Gasteiger partial charge in [-0.2, -0.15) is 0 Å². The number of hydrogen-bond acceptors (Lipinski definition) is 6. The number of aromatic nitrogens is 1. The van der Waals surface area contributed by atoms with Gasteiger partial charge in [0.1, 0.15) is 5.82 Å². The SMILES string of the molecule is O=C(CN1C[C@H](CNCC2CC2)[C@@H](NC(=O)c2ccc(Cl)s2)C1)Nc1ccc(-n2ccccc2=O)cc1F. The van der Waals surface area contributed by atoms with Crippen LogP contribution in [0.4, 0.5) is 10.1 Å². The van der Waals surface area contributed by atoms with Gasteiger partial charge < -0.3 is 16.0 Å². The molecule has 2 aromatic heterocycles. The highest BCUT2D eigenvalue weighted by Gasteiger charge is 2.35. The molecule has 2 amide bonds. The normalized spacial score (nSPS) is 19.4. The Labute approximate surface area is 228 Å². The molecular weight excluding hydrogens is 529 g/mol. The van der Waals surface area contributed by atoms with Crippen LogP contribution >= 0.6 is 22.9 Å². The molecule has 3 N–H and O–H groups in total. The van der Waals surface area contributed by atoms with E-state index in [2.05, 4.69) is 16.0 Å². The molecule has 11 heteroatoms. The number of pyridine rings is 1. The predicted molar refractivity (Wildman–Crippen MR) is 147 cm³/mol. The van der Waals surface area contributed by atoms with Crippen LogP contribution in [-0.4, -0.2) is 60.0 Å². The van der Waals surface area contributed by atoms with Crippen molar-refractivity contribution in [2.75, 3.05) is 38.0 Å². The summed E-state index contributed by atoms with van der Waals surface area (Å²) in [7, 11) is 0. The molecule has 1 aliphatic heterocycles. The molecule has 2 fully saturated rings. The highest BCUT2D eigenvalue weighted by molar-refractivity contribution is 7.18. The minimum absolute atomic E-state index is 0.0454. The molecule has 3 aromatic rings. The maximum Gasteiger partial charge on any atom is 0.261 e. The molecule has 0 spiro atoms. The first-order valence-corrected chi connectivity index (χ1v) is 13.8. The number of benzene rings is 1. The average Bonchev–Trinajstić information content (AvgIpc) is 3.49. The van der Waals surface area contributed by atoms with Gasteiger partial charge in [0.05, 0.1) is 27.1 Å². The van der Waals surface area contributed by atoms with Crippen molar-refractivity contribution in [2.45, 2.75) is 18.9 Å². The summed E-state index contributed by atoms with van der Waals surface area (Å²) in [6.45, 7) is 2.89. The molecule has 2 atom stereocenters. The molecule has 1 saturated heterocycles. The number of nitrogens with zero attached hydrogens (tertiary/aromatic N) is 2. The quantitative estimate of drug-likeness (QED) is 0.355. The van der Waals surface area contributed by atoms with E-state index < -0.39 is 5.82 Å². The lowest BCUT2D eigenvalue weighted by molar-refractivity contribution is -0.117. The first-order chi connectivity index (χ1) is 18.4. The number of nitrogens with one attached hydrogen (secondary N) is 3. The van der Waals surface area contributed by atoms with E-state index in [4.69, 9.17) is 11.6 Å². The second-order valence-corrected chi connectivity index (χ2v) is 11.6. The molecule has 3 heterocycles. The van der Waals surface area contributed by atoms with Crippen LogP contribution in [-0.2, 0) is 4.79 Å². The molecule has 0 radical (unpaired) electrons. The van der Waals surface area contributed by atoms with E-state index in [0.29, 0.717) is 28.0 Å². The van der Waals surface area contributed by atoms with Crippen molar-refractivity contribution >= 4 is 40.4 Å². The third-order valence-corrected chi connectivity index (χ3v) is 8.09. The van der Waals surface area contributed by atoms with E-state index in [0.717, 1.165) is 19.0 Å². The van der Waals surface area contributed by atoms with Gasteiger partial charge in [-0.3, -0.25) is 23.9 Å². The Morgan fingerprint density at radius 3 is 2.63 bits per heavy atom. The van der Waals surface area contributed by atoms with E-state index in [9.17, 15) is 18.8 Å². The van der Waals surface area contributed by atoms with Gasteiger partial charge in [0, 0.05) is 49.9 Å². The zero-order valence-corrected chi connectivity index (χ0v) is 22.2. The van der Waals surface area contributed by atoms with Gasteiger partial charge >= 0.3 is 0 Å². The van der Waals surface area contributed by atoms with E-state index in [1.54, 1.807) is 36.5 Å². The Hall–Kier alpha value is -3.05. The monoisotopic (exact) mass is 557 g/mol. The molecule has 1 saturated carbocycles. The summed E-state index contributed by atoms with van der Waals surface area (Å²) in [6.07, 6.45) is 4.06. The van der Waals surface area contributed by atoms with E-state index >= 15 is 0 Å². The summed E-state index contributed by atoms with van der Waals surface area (Å²) in [5.74, 6) is -0.294. The standard InChI is InChI=1S/C27H29ClFN5O3S/c28-24-9-8-23(38-24)27(37)32-22-15-33(14-18(22)13-30-12-17-4-5-17)16-25(35)31-21-7-6-19(11-20(21)29)34-10-2-1-3-26(34)36/h1-3,6-11,17-18,22,30H,4-5,12-16H2,(H,31,35)(H,32,37)/t18-,22-/m0/s1. The smallest absolute Gasteiger partial charge is 0.261 e. The summed E-state index contributed by atoms with van der Waals surface area (Å²) in [5.41, 5.74) is 0.143. The Morgan fingerprint density at radius 2 is 1.92 bits per heavy atom. The second-order valence-electron chi connectivity index (χ2n) is 9.86. The van der Waals surface area contributed by atoms with Crippen LogP contribution in [0.25, 0.3) is 5.69 Å². The fourth-order valence-electron chi connectivity index (χ4n) is 4.72. The lowest BCUT2D eigenvalue weighted by atomic mass is 10.0. The first kappa shape index (κ1) is 26.6. The fourth-order valence-corrected chi connectivity index (χ4v) is 5.67. The Balaban J connectivity index is 1.20. The van der Waals surface area contributed by atoms with Crippen LogP contribution in [0.5, 0.6) is 0 Å². The van der Waals surface area contributed by atoms with E-state index in [1.165, 1.54) is 46.9 Å². The zero-order chi connectivity index (χ0) is 26.6. The van der Waals surface area contributed by atoms with Crippen molar-refractivity contribution in [2.24, 2.45) is 11.8 Å². The van der Waals surface area contributed by atoms with Crippen LogP contribution in [0.3, 0.4) is 0 Å². The summed E-state index contributed by atoms with van der Waals surface area (Å²) in [5, 5.41) is 9.26. The summed E-state index contributed by atoms with van der Waals surface area (Å²) in [4.78, 5) is 40.1. The molecule has 0 bridgehead atoms. The van der Waals surface area contributed by atoms with Gasteiger partial charge in [-0.25, -0.2) is 4.39 Å². The number of anilines is 1. The van der Waals surface area contributed by atoms with Gasteiger partial charge in [0.15, 0.2) is 0 Å².